The number of aliphatic hydroxyl groups excluding tert-OH is 3. The van der Waals surface area contributed by atoms with Gasteiger partial charge in [-0.25, -0.2) is 14.2 Å². The van der Waals surface area contributed by atoms with Crippen molar-refractivity contribution in [3.8, 4) is 0 Å². The number of aliphatic hydroxyl groups is 3. The quantitative estimate of drug-likeness (QED) is 0.0447. The smallest absolute Gasteiger partial charge is 0.474 e. The Morgan fingerprint density at radius 3 is 2.10 bits per heavy atom. The van der Waals surface area contributed by atoms with Crippen LogP contribution in [0.25, 0.3) is 0 Å². The number of carboxylic acids is 1. The largest absolute Gasteiger partial charge is 0.479 e. The second-order valence-corrected chi connectivity index (χ2v) is 18.1. The van der Waals surface area contributed by atoms with E-state index < -0.39 is 135 Å². The Bertz CT molecular complexity index is 2020. The predicted molar refractivity (Wildman–Crippen MR) is 237 cm³/mol. The summed E-state index contributed by atoms with van der Waals surface area (Å²) in [7, 11) is -4.58. The minimum Gasteiger partial charge on any atom is -0.479 e. The van der Waals surface area contributed by atoms with E-state index in [2.05, 4.69) is 22.9 Å². The van der Waals surface area contributed by atoms with Gasteiger partial charge in [-0.2, -0.15) is 13.2 Å². The first-order chi connectivity index (χ1) is 32.7. The van der Waals surface area contributed by atoms with E-state index in [1.165, 1.54) is 37.1 Å². The van der Waals surface area contributed by atoms with E-state index >= 15 is 0 Å². The van der Waals surface area contributed by atoms with Gasteiger partial charge < -0.3 is 70.7 Å². The number of anilines is 1. The highest BCUT2D eigenvalue weighted by Gasteiger charge is 2.56. The number of phosphoric acid groups is 1. The Morgan fingerprint density at radius 2 is 1.52 bits per heavy atom. The number of ether oxygens (including phenoxy) is 5. The van der Waals surface area contributed by atoms with Crippen LogP contribution in [0.1, 0.15) is 87.1 Å². The number of carbonyl (C=O) groups excluding carboxylic acids is 3. The predicted octanol–water partition coefficient (Wildman–Crippen LogP) is 4.22. The standard InChI is InChI=1S/C43H61ClF3N4O17P/c1-3-4-5-6-7-8-9-10-11-15-20-63-29(39(57)58)23-64-69(60,61)68-41-35(66-40-30(33(54)32(53)28(22-52)65-40)50-38(56)24-16-13-12-14-17-24)31(34(62-2)36(67-41)37(48)55)51-42(59)49-25-18-19-27(44)26(21-25)43(45,46)47/h12-14,16-19,21,28-36,40-41,52-54H,3-11,15,20,22-23H2,1-2H3,(H2,48,55)(H,50,56)(H,57,58)(H,60,61)(H2,49,51,59)/t28-,29-,30-,31+,32-,33-,34+,35-,36+,40+,41-/m1/s1. The highest BCUT2D eigenvalue weighted by molar-refractivity contribution is 7.47. The van der Waals surface area contributed by atoms with E-state index in [4.69, 9.17) is 50.1 Å². The molecule has 69 heavy (non-hydrogen) atoms. The molecule has 2 aromatic carbocycles. The van der Waals surface area contributed by atoms with Crippen LogP contribution in [0.3, 0.4) is 0 Å². The lowest BCUT2D eigenvalue weighted by Crippen LogP contribution is -2.71. The molecule has 4 rings (SSSR count). The zero-order chi connectivity index (χ0) is 50.9. The number of amides is 4. The molecule has 0 aliphatic carbocycles. The van der Waals surface area contributed by atoms with Crippen LogP contribution in [0.5, 0.6) is 0 Å². The Labute approximate surface area is 401 Å². The van der Waals surface area contributed by atoms with Gasteiger partial charge in [-0.1, -0.05) is 94.5 Å². The summed E-state index contributed by atoms with van der Waals surface area (Å²) in [5.74, 6) is -3.74. The van der Waals surface area contributed by atoms with Gasteiger partial charge >= 0.3 is 26.0 Å². The highest BCUT2D eigenvalue weighted by Crippen LogP contribution is 2.47. The number of urea groups is 1. The van der Waals surface area contributed by atoms with Crippen LogP contribution in [0.2, 0.25) is 5.02 Å². The van der Waals surface area contributed by atoms with Gasteiger partial charge in [0.05, 0.1) is 29.8 Å². The average Bonchev–Trinajstić information content (AvgIpc) is 3.29. The second kappa shape index (κ2) is 27.6. The zero-order valence-corrected chi connectivity index (χ0v) is 39.5. The Morgan fingerprint density at radius 1 is 0.884 bits per heavy atom. The molecule has 2 heterocycles. The third-order valence-corrected chi connectivity index (χ3v) is 12.4. The minimum absolute atomic E-state index is 0.0462. The van der Waals surface area contributed by atoms with E-state index in [0.29, 0.717) is 12.5 Å². The normalized spacial score (nSPS) is 26.3. The lowest BCUT2D eigenvalue weighted by atomic mass is 9.93. The van der Waals surface area contributed by atoms with Crippen molar-refractivity contribution in [3.63, 3.8) is 0 Å². The molecule has 26 heteroatoms. The topological polar surface area (TPSA) is 313 Å². The Kier molecular flexibility index (Phi) is 23.0. The summed E-state index contributed by atoms with van der Waals surface area (Å²) in [6.45, 7) is 0.0614. The van der Waals surface area contributed by atoms with Crippen molar-refractivity contribution in [2.45, 2.75) is 145 Å². The van der Waals surface area contributed by atoms with Crippen LogP contribution in [0, 0.1) is 0 Å². The monoisotopic (exact) mass is 1030 g/mol. The first-order valence-electron chi connectivity index (χ1n) is 22.3. The molecule has 0 bridgehead atoms. The number of hydrogen-bond donors (Lipinski definition) is 9. The molecule has 0 radical (unpaired) electrons. The Hall–Kier alpha value is -4.01. The number of aliphatic carboxylic acids is 1. The number of alkyl halides is 3. The number of carboxylic acid groups (broad SMARTS) is 1. The van der Waals surface area contributed by atoms with Gasteiger partial charge in [0.1, 0.15) is 36.6 Å². The number of hydrogen-bond acceptors (Lipinski definition) is 15. The van der Waals surface area contributed by atoms with Gasteiger partial charge in [0, 0.05) is 25.0 Å². The fourth-order valence-electron chi connectivity index (χ4n) is 7.54. The fraction of sp³-hybridized carbons (Fsp3) is 0.628. The van der Waals surface area contributed by atoms with Crippen molar-refractivity contribution in [2.75, 3.05) is 32.2 Å². The molecule has 0 saturated carbocycles. The number of carbonyl (C=O) groups is 4. The first-order valence-corrected chi connectivity index (χ1v) is 24.1. The van der Waals surface area contributed by atoms with E-state index in [1.807, 2.05) is 0 Å². The van der Waals surface area contributed by atoms with Gasteiger partial charge in [0.2, 0.25) is 5.91 Å². The van der Waals surface area contributed by atoms with Crippen LogP contribution in [0.4, 0.5) is 23.7 Å². The van der Waals surface area contributed by atoms with E-state index in [1.54, 1.807) is 6.07 Å². The van der Waals surface area contributed by atoms with Gasteiger partial charge in [0.15, 0.2) is 24.8 Å². The number of primary amides is 1. The van der Waals surface area contributed by atoms with Crippen molar-refractivity contribution in [1.29, 1.82) is 0 Å². The number of benzene rings is 2. The van der Waals surface area contributed by atoms with Crippen LogP contribution >= 0.6 is 19.4 Å². The number of unbranched alkanes of at least 4 members (excludes halogenated alkanes) is 9. The number of nitrogens with two attached hydrogens (primary N) is 1. The summed E-state index contributed by atoms with van der Waals surface area (Å²) < 4.78 is 93.7. The van der Waals surface area contributed by atoms with E-state index in [9.17, 15) is 62.2 Å². The molecular formula is C43H61ClF3N4O17P. The highest BCUT2D eigenvalue weighted by atomic mass is 35.5. The molecule has 21 nitrogen and oxygen atoms in total. The third-order valence-electron chi connectivity index (χ3n) is 11.2. The molecule has 1 unspecified atom stereocenters. The number of methoxy groups -OCH3 is 1. The lowest BCUT2D eigenvalue weighted by molar-refractivity contribution is -0.326. The maximum Gasteiger partial charge on any atom is 0.474 e. The zero-order valence-electron chi connectivity index (χ0n) is 37.8. The average molecular weight is 1030 g/mol. The Balaban J connectivity index is 1.63. The summed E-state index contributed by atoms with van der Waals surface area (Å²) >= 11 is 5.74. The number of nitrogens with one attached hydrogen (secondary N) is 3. The maximum atomic E-state index is 13.7. The maximum absolute atomic E-state index is 13.7. The SMILES string of the molecule is CCCCCCCCCCCCO[C@H](COP(=O)(O)O[C@H]1O[C@H](C(N)=O)[C@@H](OC)[C@H](NC(=O)Nc2ccc(Cl)c(C(F)(F)F)c2)[C@H]1O[C@@H]1O[C@H](CO)[C@@H](O)[C@H](O)[C@H]1NC(=O)c1ccccc1)C(=O)O. The number of halogens is 4. The van der Waals surface area contributed by atoms with Crippen LogP contribution in [-0.2, 0) is 53.1 Å². The minimum atomic E-state index is -5.59. The molecular weight excluding hydrogens is 968 g/mol. The molecule has 4 amide bonds. The van der Waals surface area contributed by atoms with Gasteiger partial charge in [-0.15, -0.1) is 0 Å². The van der Waals surface area contributed by atoms with Crippen LogP contribution in [-0.4, -0.2) is 143 Å². The van der Waals surface area contributed by atoms with Crippen molar-refractivity contribution < 1.29 is 95.0 Å². The summed E-state index contributed by atoms with van der Waals surface area (Å²) in [5, 5.41) is 48.3. The van der Waals surface area contributed by atoms with Crippen LogP contribution in [0.15, 0.2) is 48.5 Å². The third kappa shape index (κ3) is 17.4. The molecule has 0 spiro atoms. The van der Waals surface area contributed by atoms with Gasteiger partial charge in [-0.05, 0) is 36.8 Å². The fourth-order valence-corrected chi connectivity index (χ4v) is 8.58. The molecule has 2 saturated heterocycles. The second-order valence-electron chi connectivity index (χ2n) is 16.3. The summed E-state index contributed by atoms with van der Waals surface area (Å²) in [4.78, 5) is 63.1. The lowest BCUT2D eigenvalue weighted by Gasteiger charge is -2.48. The first kappa shape index (κ1) is 57.6. The van der Waals surface area contributed by atoms with Crippen molar-refractivity contribution in [3.05, 3.63) is 64.7 Å². The summed E-state index contributed by atoms with van der Waals surface area (Å²) in [6, 6.07) is 4.80. The van der Waals surface area contributed by atoms with Crippen molar-refractivity contribution >= 4 is 48.9 Å². The molecule has 0 aromatic heterocycles. The molecule has 10 N–H and O–H groups in total. The summed E-state index contributed by atoms with van der Waals surface area (Å²) in [6.07, 6.45) is -12.6. The van der Waals surface area contributed by atoms with Crippen molar-refractivity contribution in [2.24, 2.45) is 5.73 Å². The van der Waals surface area contributed by atoms with Crippen molar-refractivity contribution in [1.82, 2.24) is 10.6 Å². The van der Waals surface area contributed by atoms with Gasteiger partial charge in [0.25, 0.3) is 5.91 Å². The molecule has 2 aromatic rings. The van der Waals surface area contributed by atoms with E-state index in [-0.39, 0.29) is 12.2 Å². The molecule has 2 fully saturated rings. The summed E-state index contributed by atoms with van der Waals surface area (Å²) in [5.41, 5.74) is 3.90. The number of phosphoric ester groups is 1. The van der Waals surface area contributed by atoms with Crippen LogP contribution < -0.4 is 21.7 Å². The molecule has 2 aliphatic heterocycles. The van der Waals surface area contributed by atoms with Gasteiger partial charge in [-0.3, -0.25) is 18.6 Å². The molecule has 12 atom stereocenters. The molecule has 388 valence electrons. The molecule has 2 aliphatic rings. The number of rotatable bonds is 27. The van der Waals surface area contributed by atoms with E-state index in [0.717, 1.165) is 64.2 Å².